The minimum atomic E-state index is -0.396. The van der Waals surface area contributed by atoms with Crippen molar-refractivity contribution in [2.75, 3.05) is 19.5 Å². The maximum atomic E-state index is 13.0. The van der Waals surface area contributed by atoms with Crippen molar-refractivity contribution < 1.29 is 18.7 Å². The van der Waals surface area contributed by atoms with Gasteiger partial charge in [-0.2, -0.15) is 0 Å². The summed E-state index contributed by atoms with van der Waals surface area (Å²) in [4.78, 5) is 11.9. The number of methoxy groups -OCH3 is 2. The van der Waals surface area contributed by atoms with Crippen LogP contribution in [-0.2, 0) is 6.54 Å². The van der Waals surface area contributed by atoms with Crippen LogP contribution in [0.5, 0.6) is 11.5 Å². The predicted molar refractivity (Wildman–Crippen MR) is 89.5 cm³/mol. The summed E-state index contributed by atoms with van der Waals surface area (Å²) in [5, 5.41) is 5.36. The van der Waals surface area contributed by atoms with Gasteiger partial charge >= 0.3 is 6.03 Å². The number of urea groups is 1. The average molecular weight is 383 g/mol. The molecule has 2 aromatic carbocycles. The number of benzene rings is 2. The number of hydrogen-bond donors (Lipinski definition) is 2. The van der Waals surface area contributed by atoms with Crippen LogP contribution >= 0.6 is 15.9 Å². The van der Waals surface area contributed by atoms with E-state index in [0.29, 0.717) is 28.2 Å². The Labute approximate surface area is 141 Å². The molecule has 2 N–H and O–H groups in total. The van der Waals surface area contributed by atoms with E-state index in [2.05, 4.69) is 26.6 Å². The highest BCUT2D eigenvalue weighted by molar-refractivity contribution is 9.10. The van der Waals surface area contributed by atoms with Crippen molar-refractivity contribution >= 4 is 27.6 Å². The van der Waals surface area contributed by atoms with Crippen LogP contribution in [0.4, 0.5) is 14.9 Å². The monoisotopic (exact) mass is 382 g/mol. The highest BCUT2D eigenvalue weighted by Gasteiger charge is 2.08. The number of ether oxygens (including phenoxy) is 2. The van der Waals surface area contributed by atoms with E-state index in [-0.39, 0.29) is 5.82 Å². The standard InChI is InChI=1S/C16H16BrFN2O3/c1-22-14-6-3-10(7-15(14)23-2)9-19-16(21)20-13-5-4-11(18)8-12(13)17/h3-8H,9H2,1-2H3,(H2,19,20,21). The van der Waals surface area contributed by atoms with Gasteiger partial charge in [0.15, 0.2) is 11.5 Å². The van der Waals surface area contributed by atoms with Gasteiger partial charge in [0.05, 0.1) is 19.9 Å². The fourth-order valence-electron chi connectivity index (χ4n) is 1.93. The molecule has 122 valence electrons. The maximum absolute atomic E-state index is 13.0. The van der Waals surface area contributed by atoms with E-state index < -0.39 is 6.03 Å². The first-order valence-corrected chi connectivity index (χ1v) is 7.53. The minimum absolute atomic E-state index is 0.311. The molecule has 5 nitrogen and oxygen atoms in total. The average Bonchev–Trinajstić information content (AvgIpc) is 2.55. The normalized spacial score (nSPS) is 10.1. The van der Waals surface area contributed by atoms with Gasteiger partial charge in [-0.1, -0.05) is 6.07 Å². The third-order valence-corrected chi connectivity index (χ3v) is 3.74. The molecule has 0 bridgehead atoms. The lowest BCUT2D eigenvalue weighted by molar-refractivity contribution is 0.251. The summed E-state index contributed by atoms with van der Waals surface area (Å²) >= 11 is 3.19. The van der Waals surface area contributed by atoms with Gasteiger partial charge in [-0.3, -0.25) is 0 Å². The molecule has 0 fully saturated rings. The SMILES string of the molecule is COc1ccc(CNC(=O)Nc2ccc(F)cc2Br)cc1OC. The zero-order chi connectivity index (χ0) is 16.8. The van der Waals surface area contributed by atoms with Crippen LogP contribution in [0, 0.1) is 5.82 Å². The summed E-state index contributed by atoms with van der Waals surface area (Å²) in [6.07, 6.45) is 0. The van der Waals surface area contributed by atoms with Crippen LogP contribution in [0.25, 0.3) is 0 Å². The molecule has 0 saturated heterocycles. The summed E-state index contributed by atoms with van der Waals surface area (Å²) in [5.74, 6) is 0.831. The van der Waals surface area contributed by atoms with E-state index in [1.165, 1.54) is 18.2 Å². The second-order valence-electron chi connectivity index (χ2n) is 4.62. The first-order valence-electron chi connectivity index (χ1n) is 6.74. The molecule has 7 heteroatoms. The highest BCUT2D eigenvalue weighted by atomic mass is 79.9. The number of carbonyl (C=O) groups is 1. The molecule has 0 saturated carbocycles. The third-order valence-electron chi connectivity index (χ3n) is 3.08. The number of anilines is 1. The van der Waals surface area contributed by atoms with E-state index in [1.807, 2.05) is 6.07 Å². The fraction of sp³-hybridized carbons (Fsp3) is 0.188. The second-order valence-corrected chi connectivity index (χ2v) is 5.48. The third kappa shape index (κ3) is 4.59. The Balaban J connectivity index is 1.96. The Kier molecular flexibility index (Phi) is 5.81. The van der Waals surface area contributed by atoms with Crippen LogP contribution in [0.1, 0.15) is 5.56 Å². The molecule has 2 rings (SSSR count). The van der Waals surface area contributed by atoms with Crippen LogP contribution in [0.2, 0.25) is 0 Å². The Hall–Kier alpha value is -2.28. The molecule has 23 heavy (non-hydrogen) atoms. The van der Waals surface area contributed by atoms with Gasteiger partial charge in [0, 0.05) is 11.0 Å². The molecule has 0 spiro atoms. The number of amides is 2. The maximum Gasteiger partial charge on any atom is 0.319 e. The smallest absolute Gasteiger partial charge is 0.319 e. The van der Waals surface area contributed by atoms with Crippen LogP contribution < -0.4 is 20.1 Å². The summed E-state index contributed by atoms with van der Waals surface area (Å²) in [6, 6.07) is 9.02. The topological polar surface area (TPSA) is 59.6 Å². The van der Waals surface area contributed by atoms with Crippen LogP contribution in [0.15, 0.2) is 40.9 Å². The summed E-state index contributed by atoms with van der Waals surface area (Å²) in [7, 11) is 3.11. The van der Waals surface area contributed by atoms with E-state index in [1.54, 1.807) is 26.4 Å². The second kappa shape index (κ2) is 7.82. The zero-order valence-electron chi connectivity index (χ0n) is 12.7. The van der Waals surface area contributed by atoms with Crippen molar-refractivity contribution in [3.05, 3.63) is 52.3 Å². The van der Waals surface area contributed by atoms with Gasteiger partial charge in [-0.15, -0.1) is 0 Å². The van der Waals surface area contributed by atoms with Crippen molar-refractivity contribution in [3.63, 3.8) is 0 Å². The summed E-state index contributed by atoms with van der Waals surface area (Å²) < 4.78 is 23.8. The highest BCUT2D eigenvalue weighted by Crippen LogP contribution is 2.27. The van der Waals surface area contributed by atoms with Crippen molar-refractivity contribution in [1.82, 2.24) is 5.32 Å². The molecule has 0 aliphatic carbocycles. The minimum Gasteiger partial charge on any atom is -0.493 e. The van der Waals surface area contributed by atoms with Gasteiger partial charge in [0.1, 0.15) is 5.82 Å². The molecule has 0 atom stereocenters. The lowest BCUT2D eigenvalue weighted by Crippen LogP contribution is -2.28. The van der Waals surface area contributed by atoms with E-state index in [4.69, 9.17) is 9.47 Å². The number of carbonyl (C=O) groups excluding carboxylic acids is 1. The van der Waals surface area contributed by atoms with E-state index in [9.17, 15) is 9.18 Å². The fourth-order valence-corrected chi connectivity index (χ4v) is 2.38. The molecular weight excluding hydrogens is 367 g/mol. The van der Waals surface area contributed by atoms with E-state index >= 15 is 0 Å². The summed E-state index contributed by atoms with van der Waals surface area (Å²) in [5.41, 5.74) is 1.34. The first kappa shape index (κ1) is 17.1. The van der Waals surface area contributed by atoms with Gasteiger partial charge in [-0.25, -0.2) is 9.18 Å². The van der Waals surface area contributed by atoms with Crippen LogP contribution in [0.3, 0.4) is 0 Å². The van der Waals surface area contributed by atoms with Gasteiger partial charge in [0.25, 0.3) is 0 Å². The largest absolute Gasteiger partial charge is 0.493 e. The lowest BCUT2D eigenvalue weighted by Gasteiger charge is -2.11. The first-order chi connectivity index (χ1) is 11.0. The number of nitrogens with one attached hydrogen (secondary N) is 2. The van der Waals surface area contributed by atoms with Gasteiger partial charge < -0.3 is 20.1 Å². The molecule has 2 amide bonds. The Morgan fingerprint density at radius 2 is 1.87 bits per heavy atom. The van der Waals surface area contributed by atoms with Crippen molar-refractivity contribution in [2.45, 2.75) is 6.54 Å². The van der Waals surface area contributed by atoms with Gasteiger partial charge in [-0.05, 0) is 51.8 Å². The summed E-state index contributed by atoms with van der Waals surface area (Å²) in [6.45, 7) is 0.311. The van der Waals surface area contributed by atoms with Crippen molar-refractivity contribution in [1.29, 1.82) is 0 Å². The molecule has 0 aliphatic rings. The molecule has 0 unspecified atom stereocenters. The van der Waals surface area contributed by atoms with Crippen molar-refractivity contribution in [3.8, 4) is 11.5 Å². The van der Waals surface area contributed by atoms with Gasteiger partial charge in [0.2, 0.25) is 0 Å². The molecule has 0 aliphatic heterocycles. The molecule has 0 aromatic heterocycles. The Bertz CT molecular complexity index is 710. The predicted octanol–water partition coefficient (Wildman–Crippen LogP) is 3.93. The lowest BCUT2D eigenvalue weighted by atomic mass is 10.2. The van der Waals surface area contributed by atoms with Crippen molar-refractivity contribution in [2.24, 2.45) is 0 Å². The van der Waals surface area contributed by atoms with Crippen LogP contribution in [-0.4, -0.2) is 20.3 Å². The van der Waals surface area contributed by atoms with E-state index in [0.717, 1.165) is 5.56 Å². The molecule has 0 radical (unpaired) electrons. The Morgan fingerprint density at radius 3 is 2.52 bits per heavy atom. The zero-order valence-corrected chi connectivity index (χ0v) is 14.2. The Morgan fingerprint density at radius 1 is 1.13 bits per heavy atom. The number of halogens is 2. The molecule has 0 heterocycles. The number of rotatable bonds is 5. The number of hydrogen-bond acceptors (Lipinski definition) is 3. The molecular formula is C16H16BrFN2O3. The quantitative estimate of drug-likeness (QED) is 0.823. The molecule has 2 aromatic rings.